The lowest BCUT2D eigenvalue weighted by molar-refractivity contribution is 0.286. The van der Waals surface area contributed by atoms with Gasteiger partial charge in [0.25, 0.3) is 0 Å². The van der Waals surface area contributed by atoms with Crippen molar-refractivity contribution < 1.29 is 5.11 Å². The molecule has 10 heteroatoms. The minimum absolute atomic E-state index is 0.182. The first-order valence-corrected chi connectivity index (χ1v) is 12.0. The molecule has 4 aromatic rings. The largest absolute Gasteiger partial charge is 0.396 e. The van der Waals surface area contributed by atoms with Crippen LogP contribution in [0.15, 0.2) is 60.3 Å². The van der Waals surface area contributed by atoms with Crippen LogP contribution in [0.1, 0.15) is 17.5 Å². The van der Waals surface area contributed by atoms with Gasteiger partial charge in [-0.05, 0) is 42.4 Å². The van der Waals surface area contributed by atoms with E-state index in [9.17, 15) is 5.26 Å². The van der Waals surface area contributed by atoms with E-state index < -0.39 is 4.83 Å². The molecular weight excluding hydrogens is 470 g/mol. The molecule has 34 heavy (non-hydrogen) atoms. The Balaban J connectivity index is 1.55. The summed E-state index contributed by atoms with van der Waals surface area (Å²) in [6.45, 7) is 1.65. The van der Waals surface area contributed by atoms with Gasteiger partial charge in [0.05, 0.1) is 22.5 Å². The quantitative estimate of drug-likeness (QED) is 0.0995. The number of nitrogens with one attached hydrogen (secondary N) is 2. The Morgan fingerprint density at radius 3 is 2.79 bits per heavy atom. The molecule has 0 amide bonds. The molecular formula is C24H24ClN7OS. The second kappa shape index (κ2) is 11.3. The number of hydrogen-bond acceptors (Lipinski definition) is 8. The van der Waals surface area contributed by atoms with Crippen molar-refractivity contribution >= 4 is 40.0 Å². The Labute approximate surface area is 207 Å². The second-order valence-corrected chi connectivity index (χ2v) is 9.36. The van der Waals surface area contributed by atoms with Gasteiger partial charge in [0.1, 0.15) is 6.07 Å². The zero-order valence-electron chi connectivity index (χ0n) is 18.6. The number of nitrogens with zero attached hydrogens (tertiary/aromatic N) is 5. The lowest BCUT2D eigenvalue weighted by Crippen LogP contribution is -2.15. The molecule has 3 heterocycles. The van der Waals surface area contributed by atoms with E-state index in [1.54, 1.807) is 12.4 Å². The average molecular weight is 494 g/mol. The van der Waals surface area contributed by atoms with E-state index in [1.807, 2.05) is 54.3 Å². The number of fused-ring (bicyclic) bond motifs is 1. The van der Waals surface area contributed by atoms with Crippen LogP contribution >= 0.6 is 23.4 Å². The van der Waals surface area contributed by atoms with E-state index in [0.29, 0.717) is 17.8 Å². The van der Waals surface area contributed by atoms with Crippen molar-refractivity contribution in [2.24, 2.45) is 7.05 Å². The van der Waals surface area contributed by atoms with Crippen LogP contribution in [0.3, 0.4) is 0 Å². The molecule has 0 saturated heterocycles. The van der Waals surface area contributed by atoms with Gasteiger partial charge in [-0.15, -0.1) is 0 Å². The third kappa shape index (κ3) is 5.66. The molecule has 1 unspecified atom stereocenters. The van der Waals surface area contributed by atoms with Gasteiger partial charge in [-0.3, -0.25) is 9.97 Å². The van der Waals surface area contributed by atoms with E-state index in [2.05, 4.69) is 31.7 Å². The van der Waals surface area contributed by atoms with Gasteiger partial charge in [0.2, 0.25) is 0 Å². The average Bonchev–Trinajstić information content (AvgIpc) is 3.26. The van der Waals surface area contributed by atoms with Crippen molar-refractivity contribution in [3.8, 4) is 17.3 Å². The molecule has 0 saturated carbocycles. The number of alkyl halides is 1. The van der Waals surface area contributed by atoms with Crippen molar-refractivity contribution in [1.29, 1.82) is 5.26 Å². The maximum absolute atomic E-state index is 9.62. The van der Waals surface area contributed by atoms with Gasteiger partial charge in [0.15, 0.2) is 9.99 Å². The molecule has 174 valence electrons. The summed E-state index contributed by atoms with van der Waals surface area (Å²) >= 11 is 7.90. The first-order chi connectivity index (χ1) is 16.6. The van der Waals surface area contributed by atoms with E-state index >= 15 is 0 Å². The normalized spacial score (nSPS) is 11.9. The van der Waals surface area contributed by atoms with Gasteiger partial charge in [0, 0.05) is 55.9 Å². The Hall–Kier alpha value is -3.16. The van der Waals surface area contributed by atoms with Crippen molar-refractivity contribution in [2.45, 2.75) is 23.0 Å². The number of aliphatic hydroxyl groups excluding tert-OH is 1. The molecule has 8 nitrogen and oxygen atoms in total. The lowest BCUT2D eigenvalue weighted by atomic mass is 10.0. The second-order valence-electron chi connectivity index (χ2n) is 7.60. The predicted octanol–water partition coefficient (Wildman–Crippen LogP) is 4.10. The number of benzene rings is 1. The first-order valence-electron chi connectivity index (χ1n) is 10.7. The summed E-state index contributed by atoms with van der Waals surface area (Å²) in [5.74, 6) is 0. The molecule has 0 aliphatic carbocycles. The summed E-state index contributed by atoms with van der Waals surface area (Å²) < 4.78 is 1.88. The van der Waals surface area contributed by atoms with Crippen molar-refractivity contribution in [3.63, 3.8) is 0 Å². The van der Waals surface area contributed by atoms with Crippen LogP contribution in [0.2, 0.25) is 0 Å². The number of hydrogen-bond donors (Lipinski definition) is 3. The Morgan fingerprint density at radius 1 is 1.21 bits per heavy atom. The Morgan fingerprint density at radius 2 is 2.09 bits per heavy atom. The highest BCUT2D eigenvalue weighted by atomic mass is 35.5. The van der Waals surface area contributed by atoms with E-state index in [0.717, 1.165) is 45.8 Å². The van der Waals surface area contributed by atoms with Crippen LogP contribution in [-0.4, -0.2) is 42.6 Å². The maximum atomic E-state index is 9.62. The van der Waals surface area contributed by atoms with Crippen molar-refractivity contribution in [3.05, 3.63) is 66.2 Å². The van der Waals surface area contributed by atoms with E-state index in [1.165, 1.54) is 11.8 Å². The van der Waals surface area contributed by atoms with Gasteiger partial charge < -0.3 is 20.3 Å². The van der Waals surface area contributed by atoms with Crippen LogP contribution in [0, 0.1) is 11.3 Å². The molecule has 4 rings (SSSR count). The third-order valence-electron chi connectivity index (χ3n) is 5.19. The zero-order chi connectivity index (χ0) is 23.9. The van der Waals surface area contributed by atoms with Crippen molar-refractivity contribution in [2.75, 3.05) is 18.5 Å². The summed E-state index contributed by atoms with van der Waals surface area (Å²) in [5.41, 5.74) is 4.63. The van der Waals surface area contributed by atoms with Crippen LogP contribution in [0.4, 0.5) is 5.69 Å². The number of imidazole rings is 1. The molecule has 1 atom stereocenters. The van der Waals surface area contributed by atoms with E-state index in [-0.39, 0.29) is 6.61 Å². The number of pyridine rings is 2. The SMILES string of the molecule is Cn1ccnc1SC(Cl)Nc1c(C#N)cnc2cc(-c3ccc(CNCCCO)cn3)ccc12. The number of aryl methyl sites for hydroxylation is 1. The van der Waals surface area contributed by atoms with Gasteiger partial charge in [-0.25, -0.2) is 4.98 Å². The van der Waals surface area contributed by atoms with Crippen LogP contribution in [0.25, 0.3) is 22.2 Å². The Kier molecular flexibility index (Phi) is 7.98. The predicted molar refractivity (Wildman–Crippen MR) is 135 cm³/mol. The van der Waals surface area contributed by atoms with Gasteiger partial charge in [-0.2, -0.15) is 5.26 Å². The highest BCUT2D eigenvalue weighted by molar-refractivity contribution is 8.01. The summed E-state index contributed by atoms with van der Waals surface area (Å²) in [6, 6.07) is 12.1. The van der Waals surface area contributed by atoms with Crippen LogP contribution in [0.5, 0.6) is 0 Å². The molecule has 3 aromatic heterocycles. The third-order valence-corrected chi connectivity index (χ3v) is 6.50. The minimum atomic E-state index is -0.529. The first kappa shape index (κ1) is 24.0. The number of thioether (sulfide) groups is 1. The maximum Gasteiger partial charge on any atom is 0.170 e. The smallest absolute Gasteiger partial charge is 0.170 e. The fourth-order valence-corrected chi connectivity index (χ4v) is 4.49. The number of rotatable bonds is 10. The van der Waals surface area contributed by atoms with Gasteiger partial charge >= 0.3 is 0 Å². The molecule has 3 N–H and O–H groups in total. The number of aromatic nitrogens is 4. The molecule has 0 spiro atoms. The monoisotopic (exact) mass is 493 g/mol. The van der Waals surface area contributed by atoms with Crippen molar-refractivity contribution in [1.82, 2.24) is 24.8 Å². The number of nitriles is 1. The number of aliphatic hydroxyl groups is 1. The summed E-state index contributed by atoms with van der Waals surface area (Å²) in [5, 5.41) is 26.6. The molecule has 1 aromatic carbocycles. The highest BCUT2D eigenvalue weighted by Gasteiger charge is 2.16. The Bertz CT molecular complexity index is 1300. The van der Waals surface area contributed by atoms with E-state index in [4.69, 9.17) is 16.7 Å². The summed E-state index contributed by atoms with van der Waals surface area (Å²) in [6.07, 6.45) is 7.69. The summed E-state index contributed by atoms with van der Waals surface area (Å²) in [7, 11) is 1.90. The molecule has 0 aliphatic rings. The summed E-state index contributed by atoms with van der Waals surface area (Å²) in [4.78, 5) is 12.8. The van der Waals surface area contributed by atoms with Crippen LogP contribution < -0.4 is 10.6 Å². The highest BCUT2D eigenvalue weighted by Crippen LogP contribution is 2.33. The molecule has 0 aliphatic heterocycles. The zero-order valence-corrected chi connectivity index (χ0v) is 20.1. The topological polar surface area (TPSA) is 112 Å². The standard InChI is InChI=1S/C24H24ClN7OS/c1-32-9-8-28-24(32)34-23(25)31-22-18(12-26)15-30-21-11-17(4-5-19(21)22)20-6-3-16(14-29-20)13-27-7-2-10-33/h3-6,8-9,11,14-15,23,27,33H,2,7,10,13H2,1H3,(H,30,31). The minimum Gasteiger partial charge on any atom is -0.396 e. The molecule has 0 fully saturated rings. The van der Waals surface area contributed by atoms with Crippen LogP contribution in [-0.2, 0) is 13.6 Å². The molecule has 0 bridgehead atoms. The lowest BCUT2D eigenvalue weighted by Gasteiger charge is -2.16. The molecule has 0 radical (unpaired) electrons. The fraction of sp³-hybridized carbons (Fsp3) is 0.250. The number of halogens is 1. The number of anilines is 1. The van der Waals surface area contributed by atoms with Gasteiger partial charge in [-0.1, -0.05) is 29.8 Å². The fourth-order valence-electron chi connectivity index (χ4n) is 3.43.